The van der Waals surface area contributed by atoms with Gasteiger partial charge in [0.15, 0.2) is 0 Å². The number of hydrogen-bond donors (Lipinski definition) is 0. The van der Waals surface area contributed by atoms with E-state index in [4.69, 9.17) is 11.6 Å². The molecule has 2 aliphatic heterocycles. The van der Waals surface area contributed by atoms with Crippen LogP contribution in [0.1, 0.15) is 31.2 Å². The van der Waals surface area contributed by atoms with Crippen LogP contribution in [0.5, 0.6) is 0 Å². The van der Waals surface area contributed by atoms with Crippen molar-refractivity contribution in [3.05, 3.63) is 40.5 Å². The van der Waals surface area contributed by atoms with Gasteiger partial charge in [-0.2, -0.15) is 0 Å². The molecule has 0 aromatic heterocycles. The first kappa shape index (κ1) is 12.4. The Hall–Kier alpha value is -1.61. The minimum Gasteiger partial charge on any atom is -0.295 e. The van der Waals surface area contributed by atoms with Crippen molar-refractivity contribution in [1.82, 2.24) is 4.90 Å². The van der Waals surface area contributed by atoms with Gasteiger partial charge in [0.25, 0.3) is 5.91 Å². The molecule has 1 amide bonds. The third-order valence-electron chi connectivity index (χ3n) is 3.50. The van der Waals surface area contributed by atoms with Gasteiger partial charge in [0.05, 0.1) is 0 Å². The SMILES string of the molecule is O=C1/C(=C\c2ccccc2Cl)N=C2CCCCCN12. The molecule has 0 aliphatic carbocycles. The highest BCUT2D eigenvalue weighted by atomic mass is 35.5. The van der Waals surface area contributed by atoms with Crippen LogP contribution < -0.4 is 0 Å². The summed E-state index contributed by atoms with van der Waals surface area (Å²) in [6.07, 6.45) is 6.02. The molecule has 0 atom stereocenters. The number of carbonyl (C=O) groups is 1. The summed E-state index contributed by atoms with van der Waals surface area (Å²) >= 11 is 6.11. The molecule has 0 unspecified atom stereocenters. The molecule has 1 fully saturated rings. The van der Waals surface area contributed by atoms with Crippen molar-refractivity contribution in [3.8, 4) is 0 Å². The average molecular weight is 275 g/mol. The molecule has 2 heterocycles. The Morgan fingerprint density at radius 3 is 2.89 bits per heavy atom. The average Bonchev–Trinajstić information content (AvgIpc) is 2.60. The number of amidine groups is 1. The molecule has 0 bridgehead atoms. The van der Waals surface area contributed by atoms with Gasteiger partial charge < -0.3 is 0 Å². The highest BCUT2D eigenvalue weighted by Gasteiger charge is 2.30. The molecule has 2 aliphatic rings. The topological polar surface area (TPSA) is 32.7 Å². The van der Waals surface area contributed by atoms with Crippen LogP contribution in [0.3, 0.4) is 0 Å². The van der Waals surface area contributed by atoms with Crippen LogP contribution in [0.4, 0.5) is 0 Å². The summed E-state index contributed by atoms with van der Waals surface area (Å²) in [6, 6.07) is 7.49. The van der Waals surface area contributed by atoms with E-state index in [2.05, 4.69) is 4.99 Å². The lowest BCUT2D eigenvalue weighted by Gasteiger charge is -2.14. The Kier molecular flexibility index (Phi) is 3.38. The van der Waals surface area contributed by atoms with Crippen molar-refractivity contribution in [3.63, 3.8) is 0 Å². The fraction of sp³-hybridized carbons (Fsp3) is 0.333. The summed E-state index contributed by atoms with van der Waals surface area (Å²) in [6.45, 7) is 0.789. The largest absolute Gasteiger partial charge is 0.295 e. The molecule has 0 spiro atoms. The second-order valence-electron chi connectivity index (χ2n) is 4.85. The van der Waals surface area contributed by atoms with Crippen molar-refractivity contribution < 1.29 is 4.79 Å². The van der Waals surface area contributed by atoms with E-state index in [-0.39, 0.29) is 5.91 Å². The van der Waals surface area contributed by atoms with E-state index in [1.807, 2.05) is 29.2 Å². The second kappa shape index (κ2) is 5.17. The van der Waals surface area contributed by atoms with Crippen molar-refractivity contribution in [2.75, 3.05) is 6.54 Å². The number of hydrogen-bond acceptors (Lipinski definition) is 2. The molecular formula is C15H15ClN2O. The maximum Gasteiger partial charge on any atom is 0.277 e. The summed E-state index contributed by atoms with van der Waals surface area (Å²) in [4.78, 5) is 18.6. The van der Waals surface area contributed by atoms with Crippen LogP contribution in [-0.4, -0.2) is 23.2 Å². The third kappa shape index (κ3) is 2.43. The van der Waals surface area contributed by atoms with E-state index in [0.29, 0.717) is 10.7 Å². The van der Waals surface area contributed by atoms with E-state index in [0.717, 1.165) is 37.2 Å². The predicted octanol–water partition coefficient (Wildman–Crippen LogP) is 3.50. The molecule has 3 rings (SSSR count). The molecule has 98 valence electrons. The number of carbonyl (C=O) groups excluding carboxylic acids is 1. The highest BCUT2D eigenvalue weighted by Crippen LogP contribution is 2.26. The molecule has 0 saturated carbocycles. The summed E-state index contributed by atoms with van der Waals surface area (Å²) < 4.78 is 0. The minimum absolute atomic E-state index is 0.0109. The third-order valence-corrected chi connectivity index (χ3v) is 3.85. The van der Waals surface area contributed by atoms with E-state index in [1.54, 1.807) is 6.08 Å². The van der Waals surface area contributed by atoms with Crippen LogP contribution in [0.15, 0.2) is 35.0 Å². The van der Waals surface area contributed by atoms with E-state index in [1.165, 1.54) is 6.42 Å². The van der Waals surface area contributed by atoms with Crippen LogP contribution in [0, 0.1) is 0 Å². The first-order valence-corrected chi connectivity index (χ1v) is 6.99. The Labute approximate surface area is 117 Å². The summed E-state index contributed by atoms with van der Waals surface area (Å²) in [5, 5.41) is 0.644. The predicted molar refractivity (Wildman–Crippen MR) is 77.0 cm³/mol. The maximum absolute atomic E-state index is 12.3. The maximum atomic E-state index is 12.3. The Bertz CT molecular complexity index is 577. The Balaban J connectivity index is 1.94. The zero-order chi connectivity index (χ0) is 13.2. The molecule has 0 radical (unpaired) electrons. The fourth-order valence-electron chi connectivity index (χ4n) is 2.49. The van der Waals surface area contributed by atoms with E-state index >= 15 is 0 Å². The molecule has 1 aromatic carbocycles. The Morgan fingerprint density at radius 1 is 1.21 bits per heavy atom. The van der Waals surface area contributed by atoms with Gasteiger partial charge >= 0.3 is 0 Å². The first-order valence-electron chi connectivity index (χ1n) is 6.61. The van der Waals surface area contributed by atoms with Crippen molar-refractivity contribution >= 4 is 29.4 Å². The standard InChI is InChI=1S/C15H15ClN2O/c16-12-7-4-3-6-11(12)10-13-15(19)18-9-5-1-2-8-14(18)17-13/h3-4,6-7,10H,1-2,5,8-9H2/b13-10+. The van der Waals surface area contributed by atoms with Crippen LogP contribution in [-0.2, 0) is 4.79 Å². The summed E-state index contributed by atoms with van der Waals surface area (Å²) in [5.74, 6) is 0.928. The normalized spacial score (nSPS) is 21.3. The van der Waals surface area contributed by atoms with Gasteiger partial charge in [0.2, 0.25) is 0 Å². The van der Waals surface area contributed by atoms with Crippen molar-refractivity contribution in [2.45, 2.75) is 25.7 Å². The molecule has 4 heteroatoms. The van der Waals surface area contributed by atoms with Gasteiger partial charge in [0.1, 0.15) is 11.5 Å². The lowest BCUT2D eigenvalue weighted by Crippen LogP contribution is -2.31. The van der Waals surface area contributed by atoms with Crippen molar-refractivity contribution in [2.24, 2.45) is 4.99 Å². The molecule has 1 aromatic rings. The van der Waals surface area contributed by atoms with E-state index < -0.39 is 0 Å². The highest BCUT2D eigenvalue weighted by molar-refractivity contribution is 6.32. The number of aliphatic imine (C=N–C) groups is 1. The molecule has 19 heavy (non-hydrogen) atoms. The lowest BCUT2D eigenvalue weighted by molar-refractivity contribution is -0.122. The number of fused-ring (bicyclic) bond motifs is 1. The lowest BCUT2D eigenvalue weighted by atomic mass is 10.2. The van der Waals surface area contributed by atoms with Gasteiger partial charge in [-0.15, -0.1) is 0 Å². The summed E-state index contributed by atoms with van der Waals surface area (Å²) in [5.41, 5.74) is 1.35. The van der Waals surface area contributed by atoms with Crippen molar-refractivity contribution in [1.29, 1.82) is 0 Å². The van der Waals surface area contributed by atoms with Gasteiger partial charge in [-0.3, -0.25) is 9.69 Å². The van der Waals surface area contributed by atoms with Gasteiger partial charge in [-0.1, -0.05) is 36.2 Å². The molecule has 3 nitrogen and oxygen atoms in total. The van der Waals surface area contributed by atoms with Gasteiger partial charge in [-0.25, -0.2) is 4.99 Å². The van der Waals surface area contributed by atoms with Gasteiger partial charge in [0, 0.05) is 18.0 Å². The number of nitrogens with zero attached hydrogens (tertiary/aromatic N) is 2. The van der Waals surface area contributed by atoms with Crippen LogP contribution in [0.2, 0.25) is 5.02 Å². The number of rotatable bonds is 1. The smallest absolute Gasteiger partial charge is 0.277 e. The number of amides is 1. The Morgan fingerprint density at radius 2 is 2.05 bits per heavy atom. The molecule has 1 saturated heterocycles. The first-order chi connectivity index (χ1) is 9.25. The fourth-order valence-corrected chi connectivity index (χ4v) is 2.68. The molecule has 0 N–H and O–H groups in total. The van der Waals surface area contributed by atoms with Gasteiger partial charge in [-0.05, 0) is 30.5 Å². The molecular weight excluding hydrogens is 260 g/mol. The van der Waals surface area contributed by atoms with E-state index in [9.17, 15) is 4.79 Å². The van der Waals surface area contributed by atoms with Crippen LogP contribution in [0.25, 0.3) is 6.08 Å². The summed E-state index contributed by atoms with van der Waals surface area (Å²) in [7, 11) is 0. The second-order valence-corrected chi connectivity index (χ2v) is 5.25. The number of halogens is 1. The minimum atomic E-state index is 0.0109. The zero-order valence-electron chi connectivity index (χ0n) is 10.6. The monoisotopic (exact) mass is 274 g/mol. The van der Waals surface area contributed by atoms with Crippen LogP contribution >= 0.6 is 11.6 Å². The zero-order valence-corrected chi connectivity index (χ0v) is 11.4. The quantitative estimate of drug-likeness (QED) is 0.722. The number of benzene rings is 1.